The quantitative estimate of drug-likeness (QED) is 0.737. The average molecular weight is 196 g/mol. The molecular weight excluding hydrogens is 184 g/mol. The summed E-state index contributed by atoms with van der Waals surface area (Å²) in [4.78, 5) is 2.31. The highest BCUT2D eigenvalue weighted by atomic mass is 35.5. The second-order valence-corrected chi connectivity index (χ2v) is 3.52. The van der Waals surface area contributed by atoms with Crippen molar-refractivity contribution in [1.82, 2.24) is 5.32 Å². The molecule has 0 bridgehead atoms. The molecule has 3 heteroatoms. The van der Waals surface area contributed by atoms with Gasteiger partial charge in [0.15, 0.2) is 0 Å². The Balaban J connectivity index is 2.10. The van der Waals surface area contributed by atoms with E-state index in [0.717, 1.165) is 24.7 Å². The highest BCUT2D eigenvalue weighted by Crippen LogP contribution is 2.18. The lowest BCUT2D eigenvalue weighted by Crippen LogP contribution is -2.40. The topological polar surface area (TPSA) is 15.3 Å². The number of halogens is 1. The molecule has 1 heterocycles. The molecule has 1 aromatic carbocycles. The Bertz CT molecular complexity index is 265. The van der Waals surface area contributed by atoms with E-state index >= 15 is 0 Å². The van der Waals surface area contributed by atoms with Gasteiger partial charge in [0, 0.05) is 36.9 Å². The van der Waals surface area contributed by atoms with Crippen molar-refractivity contribution >= 4 is 17.3 Å². The zero-order valence-electron chi connectivity index (χ0n) is 7.33. The molecule has 0 aromatic heterocycles. The van der Waals surface area contributed by atoms with Crippen LogP contribution in [0.1, 0.15) is 0 Å². The molecule has 0 amide bonds. The normalized spacial score (nSPS) is 17.5. The largest absolute Gasteiger partial charge is 0.369 e. The van der Waals surface area contributed by atoms with E-state index in [4.69, 9.17) is 11.6 Å². The van der Waals surface area contributed by atoms with Gasteiger partial charge in [-0.05, 0) is 24.3 Å². The number of hydrogen-bond donors (Lipinski definition) is 1. The average Bonchev–Trinajstić information content (AvgIpc) is 2.20. The summed E-state index contributed by atoms with van der Waals surface area (Å²) in [5, 5.41) is 4.00. The molecule has 0 atom stereocenters. The Labute approximate surface area is 83.5 Å². The number of benzene rings is 1. The maximum absolute atomic E-state index is 5.81. The summed E-state index contributed by atoms with van der Waals surface area (Å²) >= 11 is 5.81. The van der Waals surface area contributed by atoms with Crippen LogP contribution in [0.3, 0.4) is 0 Å². The lowest BCUT2D eigenvalue weighted by Gasteiger charge is -2.29. The zero-order valence-corrected chi connectivity index (χ0v) is 8.09. The van der Waals surface area contributed by atoms with Crippen molar-refractivity contribution in [2.45, 2.75) is 0 Å². The van der Waals surface area contributed by atoms with E-state index in [-0.39, 0.29) is 0 Å². The fraction of sp³-hybridized carbons (Fsp3) is 0.300. The van der Waals surface area contributed by atoms with Crippen LogP contribution in [-0.4, -0.2) is 19.6 Å². The standard InChI is InChI=1S/C10H12ClN2/c11-9-1-3-10(4-2-9)13-7-5-12-6-8-13/h1-5,12H,6-8H2. The molecule has 13 heavy (non-hydrogen) atoms. The van der Waals surface area contributed by atoms with Crippen LogP contribution in [0.25, 0.3) is 0 Å². The minimum atomic E-state index is 0.794. The summed E-state index contributed by atoms with van der Waals surface area (Å²) in [6.07, 6.45) is 0. The Morgan fingerprint density at radius 3 is 2.62 bits per heavy atom. The van der Waals surface area contributed by atoms with Crippen LogP contribution < -0.4 is 10.2 Å². The molecule has 1 N–H and O–H groups in total. The molecule has 1 aromatic rings. The molecule has 1 saturated heterocycles. The first-order valence-corrected chi connectivity index (χ1v) is 4.79. The zero-order chi connectivity index (χ0) is 9.10. The number of hydrogen-bond acceptors (Lipinski definition) is 2. The molecule has 0 spiro atoms. The van der Waals surface area contributed by atoms with E-state index in [1.807, 2.05) is 12.1 Å². The molecule has 69 valence electrons. The van der Waals surface area contributed by atoms with Crippen LogP contribution in [0.4, 0.5) is 5.69 Å². The molecule has 2 rings (SSSR count). The van der Waals surface area contributed by atoms with Crippen molar-refractivity contribution in [2.24, 2.45) is 0 Å². The first kappa shape index (κ1) is 8.85. The number of nitrogens with one attached hydrogen (secondary N) is 1. The lowest BCUT2D eigenvalue weighted by molar-refractivity contribution is 0.653. The molecule has 0 saturated carbocycles. The van der Waals surface area contributed by atoms with Gasteiger partial charge >= 0.3 is 0 Å². The van der Waals surface area contributed by atoms with E-state index < -0.39 is 0 Å². The maximum atomic E-state index is 5.81. The predicted octanol–water partition coefficient (Wildman–Crippen LogP) is 1.91. The Hall–Kier alpha value is -0.730. The third-order valence-electron chi connectivity index (χ3n) is 2.17. The van der Waals surface area contributed by atoms with Gasteiger partial charge in [0.2, 0.25) is 0 Å². The highest BCUT2D eigenvalue weighted by molar-refractivity contribution is 6.30. The van der Waals surface area contributed by atoms with Gasteiger partial charge < -0.3 is 10.2 Å². The molecule has 0 unspecified atom stereocenters. The SMILES string of the molecule is Clc1ccc(N2C[CH]NCC2)cc1. The van der Waals surface area contributed by atoms with Crippen LogP contribution in [-0.2, 0) is 0 Å². The van der Waals surface area contributed by atoms with Crippen LogP contribution in [0, 0.1) is 6.54 Å². The van der Waals surface area contributed by atoms with Crippen molar-refractivity contribution in [3.05, 3.63) is 35.8 Å². The number of anilines is 1. The minimum absolute atomic E-state index is 0.794. The monoisotopic (exact) mass is 195 g/mol. The Morgan fingerprint density at radius 1 is 1.23 bits per heavy atom. The van der Waals surface area contributed by atoms with Crippen LogP contribution in [0.2, 0.25) is 5.02 Å². The van der Waals surface area contributed by atoms with Crippen LogP contribution >= 0.6 is 11.6 Å². The molecule has 1 aliphatic rings. The van der Waals surface area contributed by atoms with Gasteiger partial charge in [-0.2, -0.15) is 0 Å². The Morgan fingerprint density at radius 2 is 2.00 bits per heavy atom. The van der Waals surface area contributed by atoms with Gasteiger partial charge in [-0.3, -0.25) is 0 Å². The van der Waals surface area contributed by atoms with Crippen LogP contribution in [0.15, 0.2) is 24.3 Å². The summed E-state index contributed by atoms with van der Waals surface area (Å²) < 4.78 is 0. The van der Waals surface area contributed by atoms with Crippen molar-refractivity contribution in [3.8, 4) is 0 Å². The van der Waals surface area contributed by atoms with E-state index in [0.29, 0.717) is 0 Å². The Kier molecular flexibility index (Phi) is 2.71. The number of piperazine rings is 1. The summed E-state index contributed by atoms with van der Waals surface area (Å²) in [7, 11) is 0. The van der Waals surface area contributed by atoms with Gasteiger partial charge in [-0.15, -0.1) is 0 Å². The first-order chi connectivity index (χ1) is 6.36. The second kappa shape index (κ2) is 3.99. The molecule has 1 aliphatic heterocycles. The summed E-state index contributed by atoms with van der Waals surface area (Å²) in [6, 6.07) is 7.97. The van der Waals surface area contributed by atoms with Crippen LogP contribution in [0.5, 0.6) is 0 Å². The third-order valence-corrected chi connectivity index (χ3v) is 2.43. The minimum Gasteiger partial charge on any atom is -0.369 e. The van der Waals surface area contributed by atoms with Crippen molar-refractivity contribution < 1.29 is 0 Å². The van der Waals surface area contributed by atoms with Gasteiger partial charge in [0.05, 0.1) is 0 Å². The third kappa shape index (κ3) is 2.14. The molecule has 1 radical (unpaired) electrons. The van der Waals surface area contributed by atoms with Gasteiger partial charge in [0.25, 0.3) is 0 Å². The molecule has 1 fully saturated rings. The van der Waals surface area contributed by atoms with Gasteiger partial charge in [-0.1, -0.05) is 11.6 Å². The highest BCUT2D eigenvalue weighted by Gasteiger charge is 2.09. The maximum Gasteiger partial charge on any atom is 0.0416 e. The van der Waals surface area contributed by atoms with E-state index in [2.05, 4.69) is 28.9 Å². The molecular formula is C10H12ClN2. The fourth-order valence-corrected chi connectivity index (χ4v) is 1.58. The second-order valence-electron chi connectivity index (χ2n) is 3.08. The first-order valence-electron chi connectivity index (χ1n) is 4.42. The summed E-state index contributed by atoms with van der Waals surface area (Å²) in [5.74, 6) is 0. The number of rotatable bonds is 1. The smallest absolute Gasteiger partial charge is 0.0416 e. The van der Waals surface area contributed by atoms with Gasteiger partial charge in [0.1, 0.15) is 0 Å². The van der Waals surface area contributed by atoms with E-state index in [1.165, 1.54) is 5.69 Å². The van der Waals surface area contributed by atoms with E-state index in [1.54, 1.807) is 0 Å². The summed E-state index contributed by atoms with van der Waals surface area (Å²) in [6.45, 7) is 5.11. The summed E-state index contributed by atoms with van der Waals surface area (Å²) in [5.41, 5.74) is 1.24. The van der Waals surface area contributed by atoms with Crippen molar-refractivity contribution in [1.29, 1.82) is 0 Å². The van der Waals surface area contributed by atoms with Crippen molar-refractivity contribution in [3.63, 3.8) is 0 Å². The fourth-order valence-electron chi connectivity index (χ4n) is 1.45. The lowest BCUT2D eigenvalue weighted by atomic mass is 10.2. The van der Waals surface area contributed by atoms with Gasteiger partial charge in [-0.25, -0.2) is 0 Å². The predicted molar refractivity (Wildman–Crippen MR) is 56.0 cm³/mol. The van der Waals surface area contributed by atoms with Crippen molar-refractivity contribution in [2.75, 3.05) is 24.5 Å². The number of nitrogens with zero attached hydrogens (tertiary/aromatic N) is 1. The van der Waals surface area contributed by atoms with E-state index in [9.17, 15) is 0 Å². The molecule has 2 nitrogen and oxygen atoms in total. The molecule has 0 aliphatic carbocycles.